The number of fused-ring (bicyclic) bond motifs is 1. The predicted molar refractivity (Wildman–Crippen MR) is 125 cm³/mol. The van der Waals surface area contributed by atoms with E-state index in [2.05, 4.69) is 58.5 Å². The summed E-state index contributed by atoms with van der Waals surface area (Å²) in [5.41, 5.74) is 4.02. The minimum absolute atomic E-state index is 0.00629. The zero-order chi connectivity index (χ0) is 20.5. The van der Waals surface area contributed by atoms with Gasteiger partial charge in [0.25, 0.3) is 5.91 Å². The molecule has 2 heterocycles. The zero-order valence-corrected chi connectivity index (χ0v) is 17.7. The van der Waals surface area contributed by atoms with Crippen molar-refractivity contribution in [3.8, 4) is 0 Å². The van der Waals surface area contributed by atoms with E-state index in [1.165, 1.54) is 24.8 Å². The molecule has 2 fully saturated rings. The Kier molecular flexibility index (Phi) is 5.13. The van der Waals surface area contributed by atoms with Crippen molar-refractivity contribution in [1.29, 1.82) is 0 Å². The number of nitrogens with one attached hydrogen (secondary N) is 1. The summed E-state index contributed by atoms with van der Waals surface area (Å²) in [5, 5.41) is 4.87. The molecule has 0 bridgehead atoms. The molecule has 1 aliphatic carbocycles. The van der Waals surface area contributed by atoms with Gasteiger partial charge in [0.1, 0.15) is 5.70 Å². The monoisotopic (exact) mass is 415 g/mol. The maximum atomic E-state index is 13.2. The van der Waals surface area contributed by atoms with Gasteiger partial charge in [0.2, 0.25) is 0 Å². The molecule has 3 aromatic rings. The molecule has 1 amide bonds. The molecule has 30 heavy (non-hydrogen) atoms. The number of hydrogen-bond donors (Lipinski definition) is 1. The fourth-order valence-corrected chi connectivity index (χ4v) is 5.02. The van der Waals surface area contributed by atoms with Gasteiger partial charge < -0.3 is 9.88 Å². The number of thiocarbonyl (C=S) groups is 1. The second kappa shape index (κ2) is 8.07. The quantitative estimate of drug-likeness (QED) is 0.477. The van der Waals surface area contributed by atoms with Crippen molar-refractivity contribution in [2.45, 2.75) is 44.7 Å². The van der Waals surface area contributed by atoms with E-state index >= 15 is 0 Å². The molecule has 4 nitrogen and oxygen atoms in total. The van der Waals surface area contributed by atoms with Crippen LogP contribution in [0.3, 0.4) is 0 Å². The molecule has 1 saturated carbocycles. The van der Waals surface area contributed by atoms with Crippen LogP contribution < -0.4 is 5.32 Å². The van der Waals surface area contributed by atoms with Crippen molar-refractivity contribution in [2.24, 2.45) is 0 Å². The lowest BCUT2D eigenvalue weighted by molar-refractivity contribution is -0.124. The average molecular weight is 416 g/mol. The largest absolute Gasteiger partial charge is 0.342 e. The molecule has 2 aromatic carbocycles. The van der Waals surface area contributed by atoms with Crippen LogP contribution in [0, 0.1) is 0 Å². The third kappa shape index (κ3) is 3.54. The summed E-state index contributed by atoms with van der Waals surface area (Å²) in [6, 6.07) is 19.0. The van der Waals surface area contributed by atoms with Gasteiger partial charge in [-0.05, 0) is 42.8 Å². The average Bonchev–Trinajstić information content (AvgIpc) is 3.26. The van der Waals surface area contributed by atoms with Crippen LogP contribution in [0.1, 0.15) is 43.2 Å². The number of amides is 1. The highest BCUT2D eigenvalue weighted by Crippen LogP contribution is 2.29. The fourth-order valence-electron chi connectivity index (χ4n) is 4.68. The SMILES string of the molecule is O=C1C(=Cc2cn(Cc3ccccc3)c3ccccc23)NC(=S)N1C1CCCCC1. The summed E-state index contributed by atoms with van der Waals surface area (Å²) < 4.78 is 2.24. The highest BCUT2D eigenvalue weighted by molar-refractivity contribution is 7.80. The van der Waals surface area contributed by atoms with Crippen molar-refractivity contribution in [2.75, 3.05) is 0 Å². The van der Waals surface area contributed by atoms with Crippen LogP contribution in [-0.2, 0) is 11.3 Å². The van der Waals surface area contributed by atoms with Crippen LogP contribution in [-0.4, -0.2) is 26.5 Å². The third-order valence-corrected chi connectivity index (χ3v) is 6.46. The summed E-state index contributed by atoms with van der Waals surface area (Å²) in [7, 11) is 0. The number of carbonyl (C=O) groups excluding carboxylic acids is 1. The first-order valence-corrected chi connectivity index (χ1v) is 11.1. The zero-order valence-electron chi connectivity index (χ0n) is 16.9. The first-order valence-electron chi connectivity index (χ1n) is 10.7. The minimum atomic E-state index is 0.00629. The lowest BCUT2D eigenvalue weighted by Gasteiger charge is -2.29. The van der Waals surface area contributed by atoms with Crippen molar-refractivity contribution >= 4 is 40.2 Å². The molecule has 5 heteroatoms. The Hall–Kier alpha value is -2.92. The third-order valence-electron chi connectivity index (χ3n) is 6.16. The lowest BCUT2D eigenvalue weighted by atomic mass is 9.94. The number of para-hydroxylation sites is 1. The smallest absolute Gasteiger partial charge is 0.276 e. The fraction of sp³-hybridized carbons (Fsp3) is 0.280. The Morgan fingerprint density at radius 1 is 1.00 bits per heavy atom. The molecule has 1 saturated heterocycles. The Bertz CT molecular complexity index is 1130. The molecular formula is C25H25N3OS. The second-order valence-corrected chi connectivity index (χ2v) is 8.56. The molecule has 0 spiro atoms. The van der Waals surface area contributed by atoms with Crippen molar-refractivity contribution in [1.82, 2.24) is 14.8 Å². The van der Waals surface area contributed by atoms with Crippen LogP contribution in [0.4, 0.5) is 0 Å². The Morgan fingerprint density at radius 2 is 1.73 bits per heavy atom. The summed E-state index contributed by atoms with van der Waals surface area (Å²) in [6.07, 6.45) is 9.76. The first-order chi connectivity index (χ1) is 14.7. The molecule has 5 rings (SSSR count). The number of aromatic nitrogens is 1. The van der Waals surface area contributed by atoms with E-state index in [1.807, 2.05) is 23.1 Å². The lowest BCUT2D eigenvalue weighted by Crippen LogP contribution is -2.41. The van der Waals surface area contributed by atoms with E-state index in [-0.39, 0.29) is 11.9 Å². The molecule has 2 aliphatic rings. The van der Waals surface area contributed by atoms with Crippen molar-refractivity contribution in [3.05, 3.63) is 77.6 Å². The maximum Gasteiger partial charge on any atom is 0.276 e. The molecule has 0 atom stereocenters. The molecule has 1 aliphatic heterocycles. The Morgan fingerprint density at radius 3 is 2.53 bits per heavy atom. The standard InChI is InChI=1S/C25H25N3OS/c29-24-22(26-25(30)28(24)20-11-5-2-6-12-20)15-19-17-27(16-18-9-3-1-4-10-18)23-14-8-7-13-21(19)23/h1,3-4,7-10,13-15,17,20H,2,5-6,11-12,16H2,(H,26,30). The van der Waals surface area contributed by atoms with Gasteiger partial charge in [-0.2, -0.15) is 0 Å². The van der Waals surface area contributed by atoms with Crippen LogP contribution in [0.15, 0.2) is 66.5 Å². The predicted octanol–water partition coefficient (Wildman–Crippen LogP) is 5.08. The summed E-state index contributed by atoms with van der Waals surface area (Å²) >= 11 is 5.53. The van der Waals surface area contributed by atoms with Gasteiger partial charge in [-0.25, -0.2) is 0 Å². The van der Waals surface area contributed by atoms with Gasteiger partial charge in [-0.3, -0.25) is 9.69 Å². The highest BCUT2D eigenvalue weighted by atomic mass is 32.1. The second-order valence-electron chi connectivity index (χ2n) is 8.17. The summed E-state index contributed by atoms with van der Waals surface area (Å²) in [5.74, 6) is 0.00629. The number of carbonyl (C=O) groups is 1. The van der Waals surface area contributed by atoms with E-state index in [4.69, 9.17) is 12.2 Å². The number of rotatable bonds is 4. The van der Waals surface area contributed by atoms with Gasteiger partial charge in [0.15, 0.2) is 5.11 Å². The first kappa shape index (κ1) is 19.1. The van der Waals surface area contributed by atoms with Gasteiger partial charge in [0, 0.05) is 35.2 Å². The summed E-state index contributed by atoms with van der Waals surface area (Å²) in [4.78, 5) is 15.0. The van der Waals surface area contributed by atoms with Gasteiger partial charge >= 0.3 is 0 Å². The van der Waals surface area contributed by atoms with E-state index in [0.29, 0.717) is 10.8 Å². The van der Waals surface area contributed by atoms with Crippen LogP contribution >= 0.6 is 12.2 Å². The van der Waals surface area contributed by atoms with E-state index in [9.17, 15) is 4.79 Å². The molecule has 0 radical (unpaired) electrons. The van der Waals surface area contributed by atoms with E-state index < -0.39 is 0 Å². The normalized spacial score (nSPS) is 19.1. The molecule has 1 N–H and O–H groups in total. The Balaban J connectivity index is 1.48. The minimum Gasteiger partial charge on any atom is -0.342 e. The van der Waals surface area contributed by atoms with E-state index in [0.717, 1.165) is 35.9 Å². The van der Waals surface area contributed by atoms with Crippen LogP contribution in [0.5, 0.6) is 0 Å². The van der Waals surface area contributed by atoms with Gasteiger partial charge in [0.05, 0.1) is 0 Å². The molecule has 0 unspecified atom stereocenters. The molecular weight excluding hydrogens is 390 g/mol. The van der Waals surface area contributed by atoms with Crippen LogP contribution in [0.25, 0.3) is 17.0 Å². The topological polar surface area (TPSA) is 37.3 Å². The van der Waals surface area contributed by atoms with E-state index in [1.54, 1.807) is 0 Å². The van der Waals surface area contributed by atoms with Crippen LogP contribution in [0.2, 0.25) is 0 Å². The van der Waals surface area contributed by atoms with Crippen molar-refractivity contribution in [3.63, 3.8) is 0 Å². The maximum absolute atomic E-state index is 13.2. The Labute approximate surface area is 182 Å². The molecule has 152 valence electrons. The van der Waals surface area contributed by atoms with Crippen molar-refractivity contribution < 1.29 is 4.79 Å². The number of benzene rings is 2. The number of nitrogens with zero attached hydrogens (tertiary/aromatic N) is 2. The van der Waals surface area contributed by atoms with Gasteiger partial charge in [-0.1, -0.05) is 67.8 Å². The molecule has 1 aromatic heterocycles. The number of hydrogen-bond acceptors (Lipinski definition) is 2. The summed E-state index contributed by atoms with van der Waals surface area (Å²) in [6.45, 7) is 0.790. The van der Waals surface area contributed by atoms with Gasteiger partial charge in [-0.15, -0.1) is 0 Å². The highest BCUT2D eigenvalue weighted by Gasteiger charge is 2.36.